The molecular formula is C27H52N4O5. The van der Waals surface area contributed by atoms with Gasteiger partial charge in [-0.2, -0.15) is 0 Å². The second kappa shape index (κ2) is 23.4. The monoisotopic (exact) mass is 512 g/mol. The van der Waals surface area contributed by atoms with Crippen LogP contribution in [0.25, 0.3) is 0 Å². The summed E-state index contributed by atoms with van der Waals surface area (Å²) < 4.78 is 0. The number of nitrogens with one attached hydrogen (secondary N) is 1. The van der Waals surface area contributed by atoms with Gasteiger partial charge < -0.3 is 32.1 Å². The summed E-state index contributed by atoms with van der Waals surface area (Å²) in [6.45, 7) is 2.35. The first-order valence-electron chi connectivity index (χ1n) is 13.8. The highest BCUT2D eigenvalue weighted by Gasteiger charge is 2.26. The van der Waals surface area contributed by atoms with Gasteiger partial charge in [0.2, 0.25) is 0 Å². The Morgan fingerprint density at radius 2 is 1.61 bits per heavy atom. The van der Waals surface area contributed by atoms with Crippen molar-refractivity contribution in [1.82, 2.24) is 5.32 Å². The summed E-state index contributed by atoms with van der Waals surface area (Å²) in [6.07, 6.45) is 16.6. The number of guanidine groups is 1. The summed E-state index contributed by atoms with van der Waals surface area (Å²) in [4.78, 5) is 28.3. The van der Waals surface area contributed by atoms with Gasteiger partial charge in [-0.1, -0.05) is 57.6 Å². The van der Waals surface area contributed by atoms with E-state index in [4.69, 9.17) is 21.7 Å². The van der Waals surface area contributed by atoms with Crippen molar-refractivity contribution in [2.45, 2.75) is 115 Å². The molecule has 3 unspecified atom stereocenters. The van der Waals surface area contributed by atoms with E-state index in [1.165, 1.54) is 38.5 Å². The average molecular weight is 513 g/mol. The van der Waals surface area contributed by atoms with E-state index in [1.54, 1.807) is 0 Å². The minimum Gasteiger partial charge on any atom is -0.481 e. The molecule has 0 aliphatic rings. The van der Waals surface area contributed by atoms with Crippen molar-refractivity contribution in [3.8, 4) is 0 Å². The molecule has 0 aromatic carbocycles. The van der Waals surface area contributed by atoms with Gasteiger partial charge in [-0.05, 0) is 51.4 Å². The third-order valence-corrected chi connectivity index (χ3v) is 6.27. The summed E-state index contributed by atoms with van der Waals surface area (Å²) >= 11 is 0. The number of aliphatic imine (C=N–C) groups is 1. The number of nitrogens with zero attached hydrogens (tertiary/aromatic N) is 1. The Hall–Kier alpha value is -1.97. The van der Waals surface area contributed by atoms with Crippen molar-refractivity contribution in [2.75, 3.05) is 19.7 Å². The lowest BCUT2D eigenvalue weighted by atomic mass is 9.87. The molecule has 0 aromatic rings. The SMILES string of the molecule is CCCCCCCC/C=C\CCC(CCCCC(=O)O)C(=O)C(CCCN=C(N)N)NCC(O)CO. The first-order chi connectivity index (χ1) is 17.3. The van der Waals surface area contributed by atoms with Gasteiger partial charge in [0, 0.05) is 25.4 Å². The van der Waals surface area contributed by atoms with Crippen molar-refractivity contribution in [3.63, 3.8) is 0 Å². The number of hydrogen-bond acceptors (Lipinski definition) is 6. The van der Waals surface area contributed by atoms with E-state index in [9.17, 15) is 14.7 Å². The highest BCUT2D eigenvalue weighted by atomic mass is 16.4. The lowest BCUT2D eigenvalue weighted by Crippen LogP contribution is -2.44. The van der Waals surface area contributed by atoms with Crippen molar-refractivity contribution >= 4 is 17.7 Å². The highest BCUT2D eigenvalue weighted by Crippen LogP contribution is 2.21. The second-order valence-electron chi connectivity index (χ2n) is 9.59. The number of carbonyl (C=O) groups excluding carboxylic acids is 1. The van der Waals surface area contributed by atoms with Crippen LogP contribution in [0.5, 0.6) is 0 Å². The molecule has 0 bridgehead atoms. The zero-order chi connectivity index (χ0) is 27.0. The van der Waals surface area contributed by atoms with E-state index in [1.807, 2.05) is 0 Å². The Morgan fingerprint density at radius 3 is 2.28 bits per heavy atom. The van der Waals surface area contributed by atoms with Gasteiger partial charge in [-0.15, -0.1) is 0 Å². The van der Waals surface area contributed by atoms with Gasteiger partial charge in [-0.25, -0.2) is 0 Å². The number of nitrogens with two attached hydrogens (primary N) is 2. The van der Waals surface area contributed by atoms with Gasteiger partial charge in [0.1, 0.15) is 0 Å². The quantitative estimate of drug-likeness (QED) is 0.0468. The first-order valence-corrected chi connectivity index (χ1v) is 13.8. The molecule has 0 aliphatic heterocycles. The van der Waals surface area contributed by atoms with Crippen LogP contribution in [-0.4, -0.2) is 64.9 Å². The van der Waals surface area contributed by atoms with Gasteiger partial charge in [0.05, 0.1) is 18.8 Å². The topological polar surface area (TPSA) is 171 Å². The van der Waals surface area contributed by atoms with Crippen molar-refractivity contribution < 1.29 is 24.9 Å². The minimum atomic E-state index is -0.947. The number of aliphatic hydroxyl groups excluding tert-OH is 2. The standard InChI is InChI=1S/C27H52N4O5/c1-2-3-4-5-6-7-8-9-10-11-15-22(16-12-13-18-25(34)35)26(36)24(31-20-23(33)21-32)17-14-19-30-27(28)29/h9-10,22-24,31-33H,2-8,11-21H2,1H3,(H,34,35)(H4,28,29,30)/b10-9-. The Bertz CT molecular complexity index is 623. The van der Waals surface area contributed by atoms with Crippen LogP contribution >= 0.6 is 0 Å². The Balaban J connectivity index is 4.93. The number of hydrogen-bond donors (Lipinski definition) is 6. The van der Waals surface area contributed by atoms with Crippen LogP contribution in [0.15, 0.2) is 17.1 Å². The van der Waals surface area contributed by atoms with Crippen LogP contribution in [0, 0.1) is 5.92 Å². The molecule has 0 radical (unpaired) electrons. The molecule has 0 aromatic heterocycles. The predicted octanol–water partition coefficient (Wildman–Crippen LogP) is 3.27. The average Bonchev–Trinajstić information content (AvgIpc) is 2.84. The number of carboxylic acid groups (broad SMARTS) is 1. The van der Waals surface area contributed by atoms with E-state index in [0.717, 1.165) is 12.8 Å². The number of carbonyl (C=O) groups is 2. The molecule has 9 nitrogen and oxygen atoms in total. The van der Waals surface area contributed by atoms with Gasteiger partial charge in [-0.3, -0.25) is 14.6 Å². The van der Waals surface area contributed by atoms with Gasteiger partial charge in [0.25, 0.3) is 0 Å². The summed E-state index contributed by atoms with van der Waals surface area (Å²) in [5, 5.41) is 30.9. The summed E-state index contributed by atoms with van der Waals surface area (Å²) in [7, 11) is 0. The molecular weight excluding hydrogens is 460 g/mol. The molecule has 0 aliphatic carbocycles. The fourth-order valence-electron chi connectivity index (χ4n) is 4.15. The first kappa shape index (κ1) is 34.0. The Kier molecular flexibility index (Phi) is 22.1. The van der Waals surface area contributed by atoms with Crippen molar-refractivity contribution in [3.05, 3.63) is 12.2 Å². The molecule has 36 heavy (non-hydrogen) atoms. The number of rotatable bonds is 25. The normalized spacial score (nSPS) is 14.0. The summed E-state index contributed by atoms with van der Waals surface area (Å²) in [6, 6.07) is -0.489. The molecule has 0 rings (SSSR count). The molecule has 210 valence electrons. The number of aliphatic carboxylic acids is 1. The van der Waals surface area contributed by atoms with Crippen LogP contribution in [0.1, 0.15) is 103 Å². The highest BCUT2D eigenvalue weighted by molar-refractivity contribution is 5.86. The molecule has 0 amide bonds. The van der Waals surface area contributed by atoms with E-state index in [-0.39, 0.29) is 37.2 Å². The molecule has 0 heterocycles. The maximum absolute atomic E-state index is 13.5. The summed E-state index contributed by atoms with van der Waals surface area (Å²) in [5.74, 6) is -0.966. The number of ketones is 1. The number of aliphatic hydroxyl groups is 2. The van der Waals surface area contributed by atoms with Gasteiger partial charge in [0.15, 0.2) is 11.7 Å². The van der Waals surface area contributed by atoms with Gasteiger partial charge >= 0.3 is 5.97 Å². The third-order valence-electron chi connectivity index (χ3n) is 6.27. The number of unbranched alkanes of at least 4 members (excludes halogenated alkanes) is 7. The number of allylic oxidation sites excluding steroid dienone is 2. The lowest BCUT2D eigenvalue weighted by molar-refractivity contribution is -0.137. The van der Waals surface area contributed by atoms with E-state index in [2.05, 4.69) is 29.4 Å². The van der Waals surface area contributed by atoms with Crippen LogP contribution in [0.4, 0.5) is 0 Å². The molecule has 0 spiro atoms. The molecule has 0 saturated heterocycles. The van der Waals surface area contributed by atoms with Crippen LogP contribution in [0.3, 0.4) is 0 Å². The Morgan fingerprint density at radius 1 is 0.917 bits per heavy atom. The minimum absolute atomic E-state index is 0.00518. The lowest BCUT2D eigenvalue weighted by Gasteiger charge is -2.24. The van der Waals surface area contributed by atoms with Crippen LogP contribution < -0.4 is 16.8 Å². The molecule has 0 fully saturated rings. The third kappa shape index (κ3) is 20.2. The van der Waals surface area contributed by atoms with Crippen LogP contribution in [0.2, 0.25) is 0 Å². The molecule has 0 saturated carbocycles. The maximum Gasteiger partial charge on any atom is 0.303 e. The van der Waals surface area contributed by atoms with Crippen molar-refractivity contribution in [1.29, 1.82) is 0 Å². The summed E-state index contributed by atoms with van der Waals surface area (Å²) in [5.41, 5.74) is 10.8. The smallest absolute Gasteiger partial charge is 0.303 e. The van der Waals surface area contributed by atoms with Crippen LogP contribution in [-0.2, 0) is 9.59 Å². The zero-order valence-corrected chi connectivity index (χ0v) is 22.4. The largest absolute Gasteiger partial charge is 0.481 e. The predicted molar refractivity (Wildman–Crippen MR) is 146 cm³/mol. The Labute approximate surface area is 217 Å². The number of Topliss-reactive ketones (excluding diaryl/α,β-unsaturated/α-hetero) is 1. The van der Waals surface area contributed by atoms with E-state index < -0.39 is 18.1 Å². The van der Waals surface area contributed by atoms with E-state index >= 15 is 0 Å². The fourth-order valence-corrected chi connectivity index (χ4v) is 4.15. The van der Waals surface area contributed by atoms with Crippen molar-refractivity contribution in [2.24, 2.45) is 22.4 Å². The maximum atomic E-state index is 13.5. The number of carboxylic acids is 1. The second-order valence-corrected chi connectivity index (χ2v) is 9.59. The fraction of sp³-hybridized carbons (Fsp3) is 0.815. The molecule has 8 N–H and O–H groups in total. The molecule has 9 heteroatoms. The van der Waals surface area contributed by atoms with E-state index in [0.29, 0.717) is 45.1 Å². The zero-order valence-electron chi connectivity index (χ0n) is 22.4. The molecule has 3 atom stereocenters.